The summed E-state index contributed by atoms with van der Waals surface area (Å²) in [7, 11) is 2.00. The SMILES string of the molecule is CCOc1ccc(NC(=O)CN(C)CC(c2cccs2)N2CCOCC2)cc1. The highest BCUT2D eigenvalue weighted by molar-refractivity contribution is 7.10. The zero-order chi connectivity index (χ0) is 19.8. The molecule has 1 aromatic heterocycles. The number of nitrogens with one attached hydrogen (secondary N) is 1. The van der Waals surface area contributed by atoms with Crippen LogP contribution in [0.5, 0.6) is 5.75 Å². The fraction of sp³-hybridized carbons (Fsp3) is 0.476. The Balaban J connectivity index is 1.54. The van der Waals surface area contributed by atoms with Crippen molar-refractivity contribution in [3.8, 4) is 5.75 Å². The maximum Gasteiger partial charge on any atom is 0.238 e. The second-order valence-electron chi connectivity index (χ2n) is 6.88. The van der Waals surface area contributed by atoms with E-state index in [9.17, 15) is 4.79 Å². The number of carbonyl (C=O) groups is 1. The smallest absolute Gasteiger partial charge is 0.238 e. The summed E-state index contributed by atoms with van der Waals surface area (Å²) in [6, 6.07) is 12.0. The van der Waals surface area contributed by atoms with Crippen LogP contribution in [0.1, 0.15) is 17.8 Å². The van der Waals surface area contributed by atoms with Gasteiger partial charge in [0.1, 0.15) is 5.75 Å². The highest BCUT2D eigenvalue weighted by Crippen LogP contribution is 2.26. The molecule has 3 rings (SSSR count). The van der Waals surface area contributed by atoms with Gasteiger partial charge in [-0.2, -0.15) is 0 Å². The molecule has 1 unspecified atom stereocenters. The molecular formula is C21H29N3O3S. The van der Waals surface area contributed by atoms with Crippen molar-refractivity contribution in [3.63, 3.8) is 0 Å². The number of benzene rings is 1. The fourth-order valence-corrected chi connectivity index (χ4v) is 4.21. The minimum Gasteiger partial charge on any atom is -0.494 e. The van der Waals surface area contributed by atoms with Crippen LogP contribution in [0.2, 0.25) is 0 Å². The number of hydrogen-bond donors (Lipinski definition) is 1. The van der Waals surface area contributed by atoms with E-state index in [2.05, 4.69) is 32.6 Å². The normalized spacial score (nSPS) is 16.1. The lowest BCUT2D eigenvalue weighted by Gasteiger charge is -2.36. The Morgan fingerprint density at radius 1 is 1.29 bits per heavy atom. The first-order valence-electron chi connectivity index (χ1n) is 9.72. The molecule has 1 aliphatic heterocycles. The number of nitrogens with zero attached hydrogens (tertiary/aromatic N) is 2. The molecule has 6 nitrogen and oxygen atoms in total. The van der Waals surface area contributed by atoms with Crippen molar-refractivity contribution in [2.75, 3.05) is 58.4 Å². The molecular weight excluding hydrogens is 374 g/mol. The summed E-state index contributed by atoms with van der Waals surface area (Å²) >= 11 is 1.77. The van der Waals surface area contributed by atoms with Crippen molar-refractivity contribution in [1.29, 1.82) is 0 Å². The van der Waals surface area contributed by atoms with Gasteiger partial charge in [0.2, 0.25) is 5.91 Å². The fourth-order valence-electron chi connectivity index (χ4n) is 3.36. The van der Waals surface area contributed by atoms with Crippen molar-refractivity contribution >= 4 is 22.9 Å². The summed E-state index contributed by atoms with van der Waals surface area (Å²) in [5, 5.41) is 5.08. The number of likely N-dealkylation sites (N-methyl/N-ethyl adjacent to an activating group) is 1. The van der Waals surface area contributed by atoms with E-state index in [4.69, 9.17) is 9.47 Å². The van der Waals surface area contributed by atoms with Gasteiger partial charge in [0, 0.05) is 30.2 Å². The Hall–Kier alpha value is -1.93. The molecule has 0 spiro atoms. The van der Waals surface area contributed by atoms with E-state index in [-0.39, 0.29) is 11.9 Å². The van der Waals surface area contributed by atoms with Crippen molar-refractivity contribution in [1.82, 2.24) is 9.80 Å². The summed E-state index contributed by atoms with van der Waals surface area (Å²) in [6.45, 7) is 7.12. The minimum absolute atomic E-state index is 0.0152. The molecule has 0 saturated carbocycles. The molecule has 2 heterocycles. The van der Waals surface area contributed by atoms with E-state index in [1.165, 1.54) is 4.88 Å². The van der Waals surface area contributed by atoms with Crippen LogP contribution < -0.4 is 10.1 Å². The molecule has 2 aromatic rings. The van der Waals surface area contributed by atoms with Crippen LogP contribution in [0, 0.1) is 0 Å². The molecule has 1 atom stereocenters. The van der Waals surface area contributed by atoms with Crippen LogP contribution >= 0.6 is 11.3 Å². The molecule has 1 saturated heterocycles. The van der Waals surface area contributed by atoms with Crippen molar-refractivity contribution in [3.05, 3.63) is 46.7 Å². The Morgan fingerprint density at radius 2 is 2.04 bits per heavy atom. The molecule has 0 bridgehead atoms. The van der Waals surface area contributed by atoms with Crippen LogP contribution in [0.3, 0.4) is 0 Å². The highest BCUT2D eigenvalue weighted by atomic mass is 32.1. The average Bonchev–Trinajstić information content (AvgIpc) is 3.23. The van der Waals surface area contributed by atoms with Crippen molar-refractivity contribution in [2.24, 2.45) is 0 Å². The molecule has 7 heteroatoms. The predicted molar refractivity (Wildman–Crippen MR) is 113 cm³/mol. The van der Waals surface area contributed by atoms with Crippen molar-refractivity contribution < 1.29 is 14.3 Å². The second-order valence-corrected chi connectivity index (χ2v) is 7.86. The minimum atomic E-state index is -0.0152. The van der Waals surface area contributed by atoms with Gasteiger partial charge < -0.3 is 14.8 Å². The Bertz CT molecular complexity index is 715. The third kappa shape index (κ3) is 6.04. The van der Waals surface area contributed by atoms with Crippen LogP contribution in [-0.2, 0) is 9.53 Å². The molecule has 1 amide bonds. The van der Waals surface area contributed by atoms with Gasteiger partial charge in [-0.15, -0.1) is 11.3 Å². The van der Waals surface area contributed by atoms with Gasteiger partial charge in [-0.1, -0.05) is 6.07 Å². The topological polar surface area (TPSA) is 54.0 Å². The standard InChI is InChI=1S/C21H29N3O3S/c1-3-27-18-8-6-17(7-9-18)22-21(25)16-23(2)15-19(20-5-4-14-28-20)24-10-12-26-13-11-24/h4-9,14,19H,3,10-13,15-16H2,1-2H3,(H,22,25). The molecule has 28 heavy (non-hydrogen) atoms. The first-order valence-corrected chi connectivity index (χ1v) is 10.6. The molecule has 1 fully saturated rings. The number of thiophene rings is 1. The summed E-state index contributed by atoms with van der Waals surface area (Å²) in [5.74, 6) is 0.792. The lowest BCUT2D eigenvalue weighted by molar-refractivity contribution is -0.117. The van der Waals surface area contributed by atoms with E-state index >= 15 is 0 Å². The van der Waals surface area contributed by atoms with Gasteiger partial charge in [-0.25, -0.2) is 0 Å². The first-order chi connectivity index (χ1) is 13.7. The predicted octanol–water partition coefficient (Wildman–Crippen LogP) is 3.09. The molecule has 1 N–H and O–H groups in total. The monoisotopic (exact) mass is 403 g/mol. The zero-order valence-electron chi connectivity index (χ0n) is 16.6. The van der Waals surface area contributed by atoms with E-state index in [0.29, 0.717) is 13.2 Å². The Kier molecular flexibility index (Phi) is 7.85. The highest BCUT2D eigenvalue weighted by Gasteiger charge is 2.25. The Morgan fingerprint density at radius 3 is 2.68 bits per heavy atom. The number of anilines is 1. The van der Waals surface area contributed by atoms with Crippen LogP contribution in [-0.4, -0.2) is 68.8 Å². The van der Waals surface area contributed by atoms with Crippen LogP contribution in [0.25, 0.3) is 0 Å². The lowest BCUT2D eigenvalue weighted by atomic mass is 10.1. The van der Waals surface area contributed by atoms with Gasteiger partial charge >= 0.3 is 0 Å². The molecule has 1 aliphatic rings. The largest absolute Gasteiger partial charge is 0.494 e. The third-order valence-electron chi connectivity index (χ3n) is 4.71. The van der Waals surface area contributed by atoms with Crippen LogP contribution in [0.4, 0.5) is 5.69 Å². The van der Waals surface area contributed by atoms with Gasteiger partial charge in [0.25, 0.3) is 0 Å². The maximum atomic E-state index is 12.5. The number of ether oxygens (including phenoxy) is 2. The molecule has 0 radical (unpaired) electrons. The van der Waals surface area contributed by atoms with Crippen LogP contribution in [0.15, 0.2) is 41.8 Å². The molecule has 0 aliphatic carbocycles. The van der Waals surface area contributed by atoms with Gasteiger partial charge in [0.15, 0.2) is 0 Å². The molecule has 1 aromatic carbocycles. The van der Waals surface area contributed by atoms with E-state index in [0.717, 1.165) is 44.3 Å². The van der Waals surface area contributed by atoms with Gasteiger partial charge in [-0.3, -0.25) is 14.6 Å². The number of carbonyl (C=O) groups excluding carboxylic acids is 1. The quantitative estimate of drug-likeness (QED) is 0.697. The van der Waals surface area contributed by atoms with Crippen molar-refractivity contribution in [2.45, 2.75) is 13.0 Å². The third-order valence-corrected chi connectivity index (χ3v) is 5.68. The molecule has 152 valence electrons. The number of hydrogen-bond acceptors (Lipinski definition) is 6. The Labute approximate surface area is 171 Å². The number of rotatable bonds is 9. The van der Waals surface area contributed by atoms with E-state index < -0.39 is 0 Å². The van der Waals surface area contributed by atoms with Gasteiger partial charge in [-0.05, 0) is 49.7 Å². The lowest BCUT2D eigenvalue weighted by Crippen LogP contribution is -2.44. The second kappa shape index (κ2) is 10.6. The van der Waals surface area contributed by atoms with E-state index in [1.54, 1.807) is 11.3 Å². The zero-order valence-corrected chi connectivity index (χ0v) is 17.4. The number of amides is 1. The first kappa shape index (κ1) is 20.8. The van der Waals surface area contributed by atoms with E-state index in [1.807, 2.05) is 38.2 Å². The summed E-state index contributed by atoms with van der Waals surface area (Å²) in [5.41, 5.74) is 0.782. The summed E-state index contributed by atoms with van der Waals surface area (Å²) < 4.78 is 10.9. The summed E-state index contributed by atoms with van der Waals surface area (Å²) in [4.78, 5) is 18.3. The average molecular weight is 404 g/mol. The maximum absolute atomic E-state index is 12.5. The van der Waals surface area contributed by atoms with Gasteiger partial charge in [0.05, 0.1) is 32.4 Å². The summed E-state index contributed by atoms with van der Waals surface area (Å²) in [6.07, 6.45) is 0. The number of morpholine rings is 1.